The van der Waals surface area contributed by atoms with Gasteiger partial charge in [0.15, 0.2) is 5.69 Å². The lowest BCUT2D eigenvalue weighted by atomic mass is 10.1. The van der Waals surface area contributed by atoms with Gasteiger partial charge in [-0.2, -0.15) is 5.10 Å². The molecule has 1 N–H and O–H groups in total. The molecule has 0 aliphatic carbocycles. The molecule has 0 aliphatic rings. The van der Waals surface area contributed by atoms with Crippen molar-refractivity contribution < 1.29 is 18.3 Å². The van der Waals surface area contributed by atoms with Gasteiger partial charge in [-0.25, -0.2) is 8.78 Å². The van der Waals surface area contributed by atoms with Crippen LogP contribution in [0.2, 0.25) is 5.02 Å². The topological polar surface area (TPSA) is 56.1 Å². The Morgan fingerprint density at radius 1 is 1.20 bits per heavy atom. The van der Waals surface area contributed by atoms with Crippen LogP contribution >= 0.6 is 11.6 Å². The molecule has 1 amide bonds. The lowest BCUT2D eigenvalue weighted by Gasteiger charge is -2.13. The fraction of sp³-hybridized carbons (Fsp3) is 0.273. The van der Waals surface area contributed by atoms with Gasteiger partial charge in [0, 0.05) is 16.8 Å². The number of benzene rings is 2. The first-order valence-electron chi connectivity index (χ1n) is 9.53. The molecule has 0 bridgehead atoms. The Hall–Kier alpha value is -2.93. The second-order valence-corrected chi connectivity index (χ2v) is 7.67. The molecule has 0 unspecified atom stereocenters. The third kappa shape index (κ3) is 5.57. The normalized spacial score (nSPS) is 11.0. The minimum atomic E-state index is -0.857. The van der Waals surface area contributed by atoms with Crippen molar-refractivity contribution in [2.75, 3.05) is 11.9 Å². The average molecular weight is 434 g/mol. The van der Waals surface area contributed by atoms with Crippen LogP contribution in [0.5, 0.6) is 5.75 Å². The number of aromatic nitrogens is 2. The van der Waals surface area contributed by atoms with Crippen LogP contribution in [0, 0.1) is 17.6 Å². The maximum atomic E-state index is 13.7. The van der Waals surface area contributed by atoms with E-state index in [1.54, 1.807) is 24.4 Å². The number of para-hydroxylation sites is 1. The molecule has 158 valence electrons. The highest BCUT2D eigenvalue weighted by Crippen LogP contribution is 2.24. The average Bonchev–Trinajstić information content (AvgIpc) is 3.15. The number of nitrogens with one attached hydrogen (secondary N) is 1. The highest BCUT2D eigenvalue weighted by Gasteiger charge is 2.16. The highest BCUT2D eigenvalue weighted by molar-refractivity contribution is 6.30. The number of amides is 1. The summed E-state index contributed by atoms with van der Waals surface area (Å²) >= 11 is 6.12. The number of nitrogens with zero attached hydrogens (tertiary/aromatic N) is 2. The van der Waals surface area contributed by atoms with Crippen LogP contribution in [0.15, 0.2) is 48.7 Å². The summed E-state index contributed by atoms with van der Waals surface area (Å²) in [5, 5.41) is 6.98. The molecule has 0 radical (unpaired) electrons. The quantitative estimate of drug-likeness (QED) is 0.507. The minimum Gasteiger partial charge on any atom is -0.493 e. The van der Waals surface area contributed by atoms with Crippen molar-refractivity contribution in [2.45, 2.75) is 26.8 Å². The van der Waals surface area contributed by atoms with Crippen molar-refractivity contribution in [1.29, 1.82) is 0 Å². The molecule has 0 saturated carbocycles. The van der Waals surface area contributed by atoms with Crippen molar-refractivity contribution in [3.05, 3.63) is 76.6 Å². The van der Waals surface area contributed by atoms with Gasteiger partial charge in [-0.15, -0.1) is 0 Å². The Kier molecular flexibility index (Phi) is 7.05. The Labute approximate surface area is 178 Å². The second kappa shape index (κ2) is 9.71. The van der Waals surface area contributed by atoms with Crippen molar-refractivity contribution in [2.24, 2.45) is 5.92 Å². The van der Waals surface area contributed by atoms with Gasteiger partial charge in [0.1, 0.15) is 23.1 Å². The number of anilines is 1. The zero-order valence-corrected chi connectivity index (χ0v) is 17.4. The van der Waals surface area contributed by atoms with Crippen molar-refractivity contribution in [3.8, 4) is 5.75 Å². The number of hydrogen-bond donors (Lipinski definition) is 1. The highest BCUT2D eigenvalue weighted by atomic mass is 35.5. The number of rotatable bonds is 8. The van der Waals surface area contributed by atoms with Crippen LogP contribution in [-0.4, -0.2) is 22.3 Å². The lowest BCUT2D eigenvalue weighted by molar-refractivity contribution is 0.102. The number of carbonyl (C=O) groups is 1. The molecular weight excluding hydrogens is 412 g/mol. The Balaban J connectivity index is 1.72. The first-order valence-corrected chi connectivity index (χ1v) is 9.91. The van der Waals surface area contributed by atoms with Gasteiger partial charge in [0.2, 0.25) is 0 Å². The molecule has 0 atom stereocenters. The molecule has 0 saturated heterocycles. The van der Waals surface area contributed by atoms with E-state index in [0.717, 1.165) is 24.1 Å². The third-order valence-corrected chi connectivity index (χ3v) is 4.62. The summed E-state index contributed by atoms with van der Waals surface area (Å²) in [4.78, 5) is 12.3. The van der Waals surface area contributed by atoms with E-state index < -0.39 is 23.2 Å². The smallest absolute Gasteiger partial charge is 0.276 e. The lowest BCUT2D eigenvalue weighted by Crippen LogP contribution is -2.15. The molecule has 0 fully saturated rings. The van der Waals surface area contributed by atoms with E-state index in [1.165, 1.54) is 16.8 Å². The SMILES string of the molecule is CC(C)CCOc1ccc(Cl)cc1Cn1ccc(C(=O)Nc2c(F)cccc2F)n1. The number of ether oxygens (including phenoxy) is 1. The van der Waals surface area contributed by atoms with E-state index in [2.05, 4.69) is 24.3 Å². The molecule has 5 nitrogen and oxygen atoms in total. The maximum Gasteiger partial charge on any atom is 0.276 e. The van der Waals surface area contributed by atoms with Gasteiger partial charge >= 0.3 is 0 Å². The number of hydrogen-bond acceptors (Lipinski definition) is 3. The van der Waals surface area contributed by atoms with Crippen molar-refractivity contribution in [1.82, 2.24) is 9.78 Å². The summed E-state index contributed by atoms with van der Waals surface area (Å²) in [6.45, 7) is 5.14. The Bertz CT molecular complexity index is 1020. The fourth-order valence-electron chi connectivity index (χ4n) is 2.76. The van der Waals surface area contributed by atoms with E-state index in [9.17, 15) is 13.6 Å². The summed E-state index contributed by atoms with van der Waals surface area (Å²) in [7, 11) is 0. The first kappa shape index (κ1) is 21.8. The largest absolute Gasteiger partial charge is 0.493 e. The van der Waals surface area contributed by atoms with Gasteiger partial charge in [-0.3, -0.25) is 9.48 Å². The summed E-state index contributed by atoms with van der Waals surface area (Å²) in [6.07, 6.45) is 2.52. The van der Waals surface area contributed by atoms with E-state index in [-0.39, 0.29) is 5.69 Å². The van der Waals surface area contributed by atoms with Crippen LogP contribution < -0.4 is 10.1 Å². The molecule has 0 spiro atoms. The summed E-state index contributed by atoms with van der Waals surface area (Å²) in [6, 6.07) is 10.2. The monoisotopic (exact) mass is 433 g/mol. The van der Waals surface area contributed by atoms with Crippen molar-refractivity contribution >= 4 is 23.2 Å². The predicted octanol–water partition coefficient (Wildman–Crippen LogP) is 5.54. The Morgan fingerprint density at radius 2 is 1.93 bits per heavy atom. The maximum absolute atomic E-state index is 13.7. The van der Waals surface area contributed by atoms with Gasteiger partial charge < -0.3 is 10.1 Å². The van der Waals surface area contributed by atoms with Gasteiger partial charge in [-0.05, 0) is 48.7 Å². The zero-order valence-electron chi connectivity index (χ0n) is 16.7. The number of carbonyl (C=O) groups excluding carboxylic acids is 1. The fourth-order valence-corrected chi connectivity index (χ4v) is 2.95. The van der Waals surface area contributed by atoms with Gasteiger partial charge in [0.05, 0.1) is 13.2 Å². The summed E-state index contributed by atoms with van der Waals surface area (Å²) in [5.41, 5.74) is 0.330. The van der Waals surface area contributed by atoms with Crippen LogP contribution in [0.25, 0.3) is 0 Å². The van der Waals surface area contributed by atoms with Gasteiger partial charge in [0.25, 0.3) is 5.91 Å². The molecule has 30 heavy (non-hydrogen) atoms. The molecule has 3 aromatic rings. The molecular formula is C22H22ClF2N3O2. The number of halogens is 3. The third-order valence-electron chi connectivity index (χ3n) is 4.38. The van der Waals surface area contributed by atoms with E-state index >= 15 is 0 Å². The van der Waals surface area contributed by atoms with E-state index in [0.29, 0.717) is 29.8 Å². The van der Waals surface area contributed by atoms with Crippen LogP contribution in [0.4, 0.5) is 14.5 Å². The molecule has 8 heteroatoms. The molecule has 3 rings (SSSR count). The molecule has 2 aromatic carbocycles. The molecule has 1 aromatic heterocycles. The Morgan fingerprint density at radius 3 is 2.63 bits per heavy atom. The minimum absolute atomic E-state index is 0.0296. The summed E-state index contributed by atoms with van der Waals surface area (Å²) in [5.74, 6) is -1.21. The zero-order chi connectivity index (χ0) is 21.7. The summed E-state index contributed by atoms with van der Waals surface area (Å²) < 4.78 is 34.9. The molecule has 0 aliphatic heterocycles. The molecule has 1 heterocycles. The van der Waals surface area contributed by atoms with E-state index in [4.69, 9.17) is 16.3 Å². The predicted molar refractivity (Wildman–Crippen MR) is 112 cm³/mol. The van der Waals surface area contributed by atoms with Crippen LogP contribution in [0.3, 0.4) is 0 Å². The van der Waals surface area contributed by atoms with Crippen LogP contribution in [-0.2, 0) is 6.54 Å². The van der Waals surface area contributed by atoms with Crippen molar-refractivity contribution in [3.63, 3.8) is 0 Å². The standard InChI is InChI=1S/C22H22ClF2N3O2/c1-14(2)9-11-30-20-7-6-16(23)12-15(20)13-28-10-8-19(27-28)22(29)26-21-17(24)4-3-5-18(21)25/h3-8,10,12,14H,9,11,13H2,1-2H3,(H,26,29). The second-order valence-electron chi connectivity index (χ2n) is 7.23. The van der Waals surface area contributed by atoms with E-state index in [1.807, 2.05) is 0 Å². The van der Waals surface area contributed by atoms with Gasteiger partial charge in [-0.1, -0.05) is 31.5 Å². The first-order chi connectivity index (χ1) is 14.3. The van der Waals surface area contributed by atoms with Crippen LogP contribution in [0.1, 0.15) is 36.3 Å².